The molecule has 0 bridgehead atoms. The summed E-state index contributed by atoms with van der Waals surface area (Å²) >= 11 is 6.17. The zero-order chi connectivity index (χ0) is 14.0. The Morgan fingerprint density at radius 2 is 2.26 bits per heavy atom. The van der Waals surface area contributed by atoms with Crippen molar-refractivity contribution in [1.82, 2.24) is 0 Å². The number of fused-ring (bicyclic) bond motifs is 1. The van der Waals surface area contributed by atoms with Gasteiger partial charge in [-0.2, -0.15) is 0 Å². The number of anilines is 1. The van der Waals surface area contributed by atoms with Gasteiger partial charge in [-0.3, -0.25) is 0 Å². The average molecular weight is 286 g/mol. The second-order valence-electron chi connectivity index (χ2n) is 4.03. The Morgan fingerprint density at radius 3 is 2.84 bits per heavy atom. The molecule has 1 aliphatic rings. The molecular weight excluding hydrogens is 270 g/mol. The minimum atomic E-state index is -0.520. The van der Waals surface area contributed by atoms with Crippen molar-refractivity contribution in [3.63, 3.8) is 0 Å². The number of nitrogens with zero attached hydrogens (tertiary/aromatic N) is 1. The van der Waals surface area contributed by atoms with E-state index in [2.05, 4.69) is 4.90 Å². The zero-order valence-electron chi connectivity index (χ0n) is 11.2. The maximum absolute atomic E-state index is 12.0. The molecule has 0 aliphatic carbocycles. The van der Waals surface area contributed by atoms with Crippen LogP contribution in [0.2, 0.25) is 5.02 Å². The molecule has 0 saturated heterocycles. The van der Waals surface area contributed by atoms with Gasteiger partial charge in [0.15, 0.2) is 11.5 Å². The van der Waals surface area contributed by atoms with Crippen LogP contribution in [0.15, 0.2) is 6.07 Å². The molecule has 19 heavy (non-hydrogen) atoms. The highest BCUT2D eigenvalue weighted by Crippen LogP contribution is 2.44. The third-order valence-electron chi connectivity index (χ3n) is 3.09. The molecule has 1 aromatic rings. The Morgan fingerprint density at radius 1 is 1.53 bits per heavy atom. The average Bonchev–Trinajstić information content (AvgIpc) is 2.44. The zero-order valence-corrected chi connectivity index (χ0v) is 11.9. The minimum absolute atomic E-state index is 0.241. The first kappa shape index (κ1) is 13.8. The lowest BCUT2D eigenvalue weighted by atomic mass is 10.1. The van der Waals surface area contributed by atoms with E-state index in [1.165, 1.54) is 14.2 Å². The summed E-state index contributed by atoms with van der Waals surface area (Å²) in [6.45, 7) is 4.10. The maximum atomic E-state index is 12.0. The van der Waals surface area contributed by atoms with Crippen molar-refractivity contribution in [1.29, 1.82) is 0 Å². The van der Waals surface area contributed by atoms with Gasteiger partial charge >= 0.3 is 5.97 Å². The number of hydrogen-bond donors (Lipinski definition) is 0. The molecule has 0 amide bonds. The fourth-order valence-corrected chi connectivity index (χ4v) is 2.45. The Labute approximate surface area is 117 Å². The van der Waals surface area contributed by atoms with Crippen LogP contribution in [0.4, 0.5) is 5.69 Å². The van der Waals surface area contributed by atoms with Crippen LogP contribution in [0.1, 0.15) is 17.3 Å². The summed E-state index contributed by atoms with van der Waals surface area (Å²) in [5.74, 6) is 0.236. The number of carbonyl (C=O) groups excluding carboxylic acids is 1. The molecule has 1 aromatic carbocycles. The van der Waals surface area contributed by atoms with E-state index in [1.54, 1.807) is 6.07 Å². The van der Waals surface area contributed by atoms with Crippen molar-refractivity contribution < 1.29 is 19.0 Å². The van der Waals surface area contributed by atoms with Gasteiger partial charge in [-0.15, -0.1) is 0 Å². The lowest BCUT2D eigenvalue weighted by molar-refractivity contribution is 0.0592. The van der Waals surface area contributed by atoms with E-state index in [-0.39, 0.29) is 11.3 Å². The van der Waals surface area contributed by atoms with E-state index in [1.807, 2.05) is 6.92 Å². The van der Waals surface area contributed by atoms with Crippen LogP contribution in [-0.2, 0) is 4.74 Å². The standard InChI is InChI=1S/C13H16ClNO4/c1-4-15-5-6-19-12-9(15)7-8(14)11(17-2)10(12)13(16)18-3/h7H,4-6H2,1-3H3. The molecule has 2 rings (SSSR count). The van der Waals surface area contributed by atoms with E-state index in [0.29, 0.717) is 17.4 Å². The Kier molecular flexibility index (Phi) is 4.04. The highest BCUT2D eigenvalue weighted by molar-refractivity contribution is 6.33. The maximum Gasteiger partial charge on any atom is 0.345 e. The molecule has 104 valence electrons. The quantitative estimate of drug-likeness (QED) is 0.798. The van der Waals surface area contributed by atoms with E-state index >= 15 is 0 Å². The SMILES string of the molecule is CCN1CCOc2c1cc(Cl)c(OC)c2C(=O)OC. The minimum Gasteiger partial charge on any atom is -0.494 e. The van der Waals surface area contributed by atoms with Crippen molar-refractivity contribution >= 4 is 23.3 Å². The van der Waals surface area contributed by atoms with Crippen LogP contribution < -0.4 is 14.4 Å². The first-order valence-electron chi connectivity index (χ1n) is 6.00. The van der Waals surface area contributed by atoms with Gasteiger partial charge < -0.3 is 19.1 Å². The third kappa shape index (κ3) is 2.30. The molecule has 0 fully saturated rings. The summed E-state index contributed by atoms with van der Waals surface area (Å²) in [4.78, 5) is 14.0. The number of rotatable bonds is 3. The number of hydrogen-bond acceptors (Lipinski definition) is 5. The first-order valence-corrected chi connectivity index (χ1v) is 6.38. The molecule has 5 nitrogen and oxygen atoms in total. The van der Waals surface area contributed by atoms with Crippen molar-refractivity contribution in [2.45, 2.75) is 6.92 Å². The molecule has 6 heteroatoms. The Balaban J connectivity index is 2.67. The summed E-state index contributed by atoms with van der Waals surface area (Å²) in [6, 6.07) is 1.75. The second kappa shape index (κ2) is 5.57. The Bertz CT molecular complexity index is 504. The van der Waals surface area contributed by atoms with Crippen LogP contribution in [0, 0.1) is 0 Å². The number of esters is 1. The van der Waals surface area contributed by atoms with Crippen molar-refractivity contribution in [2.24, 2.45) is 0 Å². The van der Waals surface area contributed by atoms with Gasteiger partial charge in [0.25, 0.3) is 0 Å². The molecule has 1 aliphatic heterocycles. The van der Waals surface area contributed by atoms with Crippen molar-refractivity contribution in [2.75, 3.05) is 38.8 Å². The molecule has 0 atom stereocenters. The number of benzene rings is 1. The molecule has 0 aromatic heterocycles. The molecule has 0 unspecified atom stereocenters. The fraction of sp³-hybridized carbons (Fsp3) is 0.462. The van der Waals surface area contributed by atoms with Crippen LogP contribution in [0.25, 0.3) is 0 Å². The molecule has 1 heterocycles. The molecular formula is C13H16ClNO4. The summed E-state index contributed by atoms with van der Waals surface area (Å²) < 4.78 is 15.6. The molecule has 0 saturated carbocycles. The van der Waals surface area contributed by atoms with Gasteiger partial charge in [-0.25, -0.2) is 4.79 Å². The number of halogens is 1. The first-order chi connectivity index (χ1) is 9.13. The number of methoxy groups -OCH3 is 2. The van der Waals surface area contributed by atoms with E-state index in [9.17, 15) is 4.79 Å². The predicted octanol–water partition coefficient (Wildman–Crippen LogP) is 2.35. The van der Waals surface area contributed by atoms with Gasteiger partial charge in [0.2, 0.25) is 0 Å². The lowest BCUT2D eigenvalue weighted by Crippen LogP contribution is -2.33. The van der Waals surface area contributed by atoms with Gasteiger partial charge in [0, 0.05) is 6.54 Å². The number of carbonyl (C=O) groups is 1. The van der Waals surface area contributed by atoms with E-state index in [4.69, 9.17) is 25.8 Å². The second-order valence-corrected chi connectivity index (χ2v) is 4.44. The van der Waals surface area contributed by atoms with Gasteiger partial charge in [0.1, 0.15) is 12.2 Å². The van der Waals surface area contributed by atoms with Crippen LogP contribution in [0.3, 0.4) is 0 Å². The summed E-state index contributed by atoms with van der Waals surface area (Å²) in [6.07, 6.45) is 0. The summed E-state index contributed by atoms with van der Waals surface area (Å²) in [5, 5.41) is 0.366. The van der Waals surface area contributed by atoms with Crippen LogP contribution in [0.5, 0.6) is 11.5 Å². The lowest BCUT2D eigenvalue weighted by Gasteiger charge is -2.32. The monoisotopic (exact) mass is 285 g/mol. The van der Waals surface area contributed by atoms with Crippen molar-refractivity contribution in [3.05, 3.63) is 16.7 Å². The van der Waals surface area contributed by atoms with Gasteiger partial charge in [-0.1, -0.05) is 11.6 Å². The Hall–Kier alpha value is -1.62. The smallest absolute Gasteiger partial charge is 0.345 e. The third-order valence-corrected chi connectivity index (χ3v) is 3.37. The fourth-order valence-electron chi connectivity index (χ4n) is 2.18. The topological polar surface area (TPSA) is 48.0 Å². The number of likely N-dealkylation sites (N-methyl/N-ethyl adjacent to an activating group) is 1. The van der Waals surface area contributed by atoms with Crippen LogP contribution >= 0.6 is 11.6 Å². The molecule has 0 spiro atoms. The van der Waals surface area contributed by atoms with Crippen molar-refractivity contribution in [3.8, 4) is 11.5 Å². The summed E-state index contributed by atoms with van der Waals surface area (Å²) in [7, 11) is 2.77. The van der Waals surface area contributed by atoms with E-state index in [0.717, 1.165) is 18.8 Å². The highest BCUT2D eigenvalue weighted by atomic mass is 35.5. The van der Waals surface area contributed by atoms with Gasteiger partial charge in [0.05, 0.1) is 31.5 Å². The van der Waals surface area contributed by atoms with Gasteiger partial charge in [-0.05, 0) is 13.0 Å². The molecule has 0 N–H and O–H groups in total. The molecule has 0 radical (unpaired) electrons. The summed E-state index contributed by atoms with van der Waals surface area (Å²) in [5.41, 5.74) is 1.03. The normalized spacial score (nSPS) is 13.6. The van der Waals surface area contributed by atoms with E-state index < -0.39 is 5.97 Å². The van der Waals surface area contributed by atoms with Crippen LogP contribution in [-0.4, -0.2) is 39.9 Å². The number of ether oxygens (including phenoxy) is 3. The largest absolute Gasteiger partial charge is 0.494 e. The predicted molar refractivity (Wildman–Crippen MR) is 72.7 cm³/mol. The highest BCUT2D eigenvalue weighted by Gasteiger charge is 2.29.